The van der Waals surface area contributed by atoms with Gasteiger partial charge in [0, 0.05) is 49.4 Å². The first-order chi connectivity index (χ1) is 16.9. The Morgan fingerprint density at radius 3 is 2.17 bits per heavy atom. The van der Waals surface area contributed by atoms with Crippen LogP contribution < -0.4 is 19.8 Å². The number of benzene rings is 1. The minimum absolute atomic E-state index is 0.118. The van der Waals surface area contributed by atoms with E-state index in [1.165, 1.54) is 17.4 Å². The molecule has 3 aromatic rings. The first kappa shape index (κ1) is 24.6. The number of likely N-dealkylation sites (tertiary alicyclic amines) is 1. The molecular weight excluding hydrogens is 448 g/mol. The molecule has 0 spiro atoms. The van der Waals surface area contributed by atoms with E-state index in [4.69, 9.17) is 14.2 Å². The maximum atomic E-state index is 13.4. The molecule has 1 aliphatic heterocycles. The number of hydrogen-bond acceptors (Lipinski definition) is 6. The lowest BCUT2D eigenvalue weighted by atomic mass is 10.1. The number of aryl methyl sites for hydroxylation is 1. The van der Waals surface area contributed by atoms with E-state index in [-0.39, 0.29) is 11.5 Å². The van der Waals surface area contributed by atoms with E-state index in [1.54, 1.807) is 33.5 Å². The van der Waals surface area contributed by atoms with Crippen LogP contribution in [0.1, 0.15) is 43.4 Å². The third-order valence-electron chi connectivity index (χ3n) is 6.93. The zero-order chi connectivity index (χ0) is 25.1. The van der Waals surface area contributed by atoms with Crippen molar-refractivity contribution < 1.29 is 19.0 Å². The van der Waals surface area contributed by atoms with Gasteiger partial charge in [-0.1, -0.05) is 12.8 Å². The average Bonchev–Trinajstić information content (AvgIpc) is 3.14. The highest BCUT2D eigenvalue weighted by molar-refractivity contribution is 5.76. The van der Waals surface area contributed by atoms with Crippen LogP contribution in [-0.4, -0.2) is 59.4 Å². The number of amides is 1. The van der Waals surface area contributed by atoms with Crippen LogP contribution in [0, 0.1) is 6.92 Å². The summed E-state index contributed by atoms with van der Waals surface area (Å²) >= 11 is 0. The summed E-state index contributed by atoms with van der Waals surface area (Å²) in [4.78, 5) is 28.2. The summed E-state index contributed by atoms with van der Waals surface area (Å²) in [5, 5.41) is 4.62. The minimum Gasteiger partial charge on any atom is -0.493 e. The first-order valence-electron chi connectivity index (χ1n) is 12.1. The van der Waals surface area contributed by atoms with Crippen molar-refractivity contribution in [3.8, 4) is 28.5 Å². The molecule has 9 nitrogen and oxygen atoms in total. The molecule has 0 N–H and O–H groups in total. The molecule has 1 amide bonds. The van der Waals surface area contributed by atoms with Crippen LogP contribution >= 0.6 is 0 Å². The molecule has 1 aromatic carbocycles. The molecule has 9 heteroatoms. The molecule has 1 aliphatic rings. The van der Waals surface area contributed by atoms with E-state index in [0.717, 1.165) is 37.2 Å². The van der Waals surface area contributed by atoms with Gasteiger partial charge >= 0.3 is 0 Å². The first-order valence-corrected chi connectivity index (χ1v) is 12.1. The second kappa shape index (κ2) is 10.4. The van der Waals surface area contributed by atoms with Crippen LogP contribution in [0.25, 0.3) is 16.9 Å². The summed E-state index contributed by atoms with van der Waals surface area (Å²) < 4.78 is 19.7. The molecule has 0 atom stereocenters. The van der Waals surface area contributed by atoms with E-state index < -0.39 is 0 Å². The predicted octanol–water partition coefficient (Wildman–Crippen LogP) is 3.37. The van der Waals surface area contributed by atoms with Gasteiger partial charge in [-0.05, 0) is 38.3 Å². The van der Waals surface area contributed by atoms with Crippen molar-refractivity contribution in [2.75, 3.05) is 34.4 Å². The number of rotatable bonds is 7. The summed E-state index contributed by atoms with van der Waals surface area (Å²) in [5.41, 5.74) is 3.26. The normalized spacial score (nSPS) is 14.1. The Morgan fingerprint density at radius 2 is 1.60 bits per heavy atom. The Labute approximate surface area is 205 Å². The standard InChI is InChI=1S/C26H34N4O5/c1-17-19(10-11-24(31)29-12-8-6-7-9-13-29)26(32)30-23(28(17)2)16-20(27-30)18-14-21(33-3)25(35-5)22(15-18)34-4/h14-16H,6-13H2,1-5H3. The summed E-state index contributed by atoms with van der Waals surface area (Å²) in [6, 6.07) is 5.48. The summed E-state index contributed by atoms with van der Waals surface area (Å²) in [6.45, 7) is 3.54. The molecule has 1 saturated heterocycles. The third-order valence-corrected chi connectivity index (χ3v) is 6.93. The van der Waals surface area contributed by atoms with Crippen LogP contribution in [0.4, 0.5) is 0 Å². The van der Waals surface area contributed by atoms with Crippen molar-refractivity contribution in [3.05, 3.63) is 39.8 Å². The highest BCUT2D eigenvalue weighted by Crippen LogP contribution is 2.41. The average molecular weight is 483 g/mol. The van der Waals surface area contributed by atoms with E-state index in [1.807, 2.05) is 29.5 Å². The van der Waals surface area contributed by atoms with Gasteiger partial charge < -0.3 is 23.7 Å². The molecule has 188 valence electrons. The summed E-state index contributed by atoms with van der Waals surface area (Å²) in [6.07, 6.45) is 5.16. The van der Waals surface area contributed by atoms with Crippen LogP contribution in [-0.2, 0) is 18.3 Å². The Kier molecular flexibility index (Phi) is 7.33. The van der Waals surface area contributed by atoms with Gasteiger partial charge in [-0.25, -0.2) is 0 Å². The predicted molar refractivity (Wildman–Crippen MR) is 134 cm³/mol. The number of nitrogens with zero attached hydrogens (tertiary/aromatic N) is 4. The lowest BCUT2D eigenvalue weighted by Gasteiger charge is -2.20. The maximum absolute atomic E-state index is 13.4. The van der Waals surface area contributed by atoms with Crippen molar-refractivity contribution in [1.82, 2.24) is 19.1 Å². The fourth-order valence-electron chi connectivity index (χ4n) is 4.78. The van der Waals surface area contributed by atoms with Gasteiger partial charge in [0.2, 0.25) is 11.7 Å². The fraction of sp³-hybridized carbons (Fsp3) is 0.500. The fourth-order valence-corrected chi connectivity index (χ4v) is 4.78. The second-order valence-corrected chi connectivity index (χ2v) is 8.94. The third kappa shape index (κ3) is 4.72. The number of aromatic nitrogens is 3. The van der Waals surface area contributed by atoms with Crippen LogP contribution in [0.5, 0.6) is 17.2 Å². The summed E-state index contributed by atoms with van der Waals surface area (Å²) in [7, 11) is 6.58. The second-order valence-electron chi connectivity index (χ2n) is 8.94. The van der Waals surface area contributed by atoms with Gasteiger partial charge in [-0.3, -0.25) is 9.59 Å². The highest BCUT2D eigenvalue weighted by atomic mass is 16.5. The number of carbonyl (C=O) groups excluding carboxylic acids is 1. The van der Waals surface area contributed by atoms with Crippen LogP contribution in [0.2, 0.25) is 0 Å². The molecule has 0 saturated carbocycles. The Bertz CT molecular complexity index is 1260. The van der Waals surface area contributed by atoms with Crippen molar-refractivity contribution in [2.24, 2.45) is 7.05 Å². The smallest absolute Gasteiger partial charge is 0.277 e. The van der Waals surface area contributed by atoms with Crippen molar-refractivity contribution in [3.63, 3.8) is 0 Å². The largest absolute Gasteiger partial charge is 0.493 e. The van der Waals surface area contributed by atoms with Gasteiger partial charge in [0.1, 0.15) is 5.65 Å². The van der Waals surface area contributed by atoms with Crippen LogP contribution in [0.3, 0.4) is 0 Å². The number of hydrogen-bond donors (Lipinski definition) is 0. The van der Waals surface area contributed by atoms with E-state index >= 15 is 0 Å². The quantitative estimate of drug-likeness (QED) is 0.513. The Morgan fingerprint density at radius 1 is 0.971 bits per heavy atom. The monoisotopic (exact) mass is 482 g/mol. The van der Waals surface area contributed by atoms with E-state index in [0.29, 0.717) is 47.0 Å². The topological polar surface area (TPSA) is 87.3 Å². The molecule has 0 unspecified atom stereocenters. The number of carbonyl (C=O) groups is 1. The van der Waals surface area contributed by atoms with E-state index in [2.05, 4.69) is 5.10 Å². The van der Waals surface area contributed by atoms with Gasteiger partial charge in [0.15, 0.2) is 11.5 Å². The molecule has 0 aliphatic carbocycles. The van der Waals surface area contributed by atoms with Gasteiger partial charge in [0.05, 0.1) is 27.0 Å². The molecule has 35 heavy (non-hydrogen) atoms. The lowest BCUT2D eigenvalue weighted by molar-refractivity contribution is -0.131. The SMILES string of the molecule is COc1cc(-c2cc3n(C)c(C)c(CCC(=O)N4CCCCCC4)c(=O)n3n2)cc(OC)c1OC. The molecule has 2 aromatic heterocycles. The lowest BCUT2D eigenvalue weighted by Crippen LogP contribution is -2.33. The molecule has 1 fully saturated rings. The highest BCUT2D eigenvalue weighted by Gasteiger charge is 2.21. The molecule has 0 bridgehead atoms. The van der Waals surface area contributed by atoms with Crippen molar-refractivity contribution in [2.45, 2.75) is 45.4 Å². The van der Waals surface area contributed by atoms with Crippen LogP contribution in [0.15, 0.2) is 23.0 Å². The van der Waals surface area contributed by atoms with E-state index in [9.17, 15) is 9.59 Å². The number of methoxy groups -OCH3 is 3. The van der Waals surface area contributed by atoms with Gasteiger partial charge in [-0.15, -0.1) is 0 Å². The Balaban J connectivity index is 1.69. The van der Waals surface area contributed by atoms with Gasteiger partial charge in [-0.2, -0.15) is 9.61 Å². The number of fused-ring (bicyclic) bond motifs is 1. The minimum atomic E-state index is -0.196. The molecule has 0 radical (unpaired) electrons. The molecular formula is C26H34N4O5. The van der Waals surface area contributed by atoms with Gasteiger partial charge in [0.25, 0.3) is 5.56 Å². The Hall–Kier alpha value is -3.49. The molecule has 3 heterocycles. The van der Waals surface area contributed by atoms with Crippen molar-refractivity contribution >= 4 is 11.6 Å². The summed E-state index contributed by atoms with van der Waals surface area (Å²) in [5.74, 6) is 1.63. The maximum Gasteiger partial charge on any atom is 0.277 e. The molecule has 4 rings (SSSR count). The zero-order valence-corrected chi connectivity index (χ0v) is 21.2. The number of ether oxygens (including phenoxy) is 3. The zero-order valence-electron chi connectivity index (χ0n) is 21.2. The van der Waals surface area contributed by atoms with Crippen molar-refractivity contribution in [1.29, 1.82) is 0 Å².